The zero-order valence-corrected chi connectivity index (χ0v) is 27.9. The number of benzene rings is 8. The molecule has 0 radical (unpaired) electrons. The van der Waals surface area contributed by atoms with E-state index in [0.717, 1.165) is 44.0 Å². The lowest BCUT2D eigenvalue weighted by Crippen LogP contribution is -2.03. The summed E-state index contributed by atoms with van der Waals surface area (Å²) >= 11 is 1.84. The Kier molecular flexibility index (Phi) is 5.35. The number of hydrogen-bond acceptors (Lipinski definition) is 4. The lowest BCUT2D eigenvalue weighted by atomic mass is 9.94. The van der Waals surface area contributed by atoms with Crippen molar-refractivity contribution in [2.45, 2.75) is 0 Å². The number of fused-ring (bicyclic) bond motifs is 16. The normalized spacial score (nSPS) is 12.3. The Bertz CT molecular complexity index is 3440. The van der Waals surface area contributed by atoms with Gasteiger partial charge in [-0.2, -0.15) is 4.98 Å². The summed E-state index contributed by atoms with van der Waals surface area (Å²) in [4.78, 5) is 10.9. The molecular weight excluding hydrogens is 643 g/mol. The smallest absolute Gasteiger partial charge is 0.238 e. The van der Waals surface area contributed by atoms with Gasteiger partial charge in [-0.1, -0.05) is 127 Å². The molecule has 0 aliphatic heterocycles. The summed E-state index contributed by atoms with van der Waals surface area (Å²) < 4.78 is 11.4. The van der Waals surface area contributed by atoms with Gasteiger partial charge in [0.1, 0.15) is 5.58 Å². The van der Waals surface area contributed by atoms with Crippen molar-refractivity contribution >= 4 is 108 Å². The number of para-hydroxylation sites is 2. The molecule has 0 saturated heterocycles. The first kappa shape index (κ1) is 27.3. The van der Waals surface area contributed by atoms with E-state index in [4.69, 9.17) is 14.4 Å². The van der Waals surface area contributed by atoms with Crippen molar-refractivity contribution < 1.29 is 4.42 Å². The third kappa shape index (κ3) is 3.63. The van der Waals surface area contributed by atoms with Crippen molar-refractivity contribution in [2.75, 3.05) is 0 Å². The van der Waals surface area contributed by atoms with Gasteiger partial charge in [-0.05, 0) is 56.6 Å². The van der Waals surface area contributed by atoms with Gasteiger partial charge < -0.3 is 4.42 Å². The monoisotopic (exact) mass is 667 g/mol. The fourth-order valence-electron chi connectivity index (χ4n) is 8.49. The molecule has 0 aliphatic carbocycles. The van der Waals surface area contributed by atoms with Gasteiger partial charge in [-0.15, -0.1) is 11.3 Å². The third-order valence-corrected chi connectivity index (χ3v) is 11.8. The van der Waals surface area contributed by atoms with Crippen molar-refractivity contribution in [3.63, 3.8) is 0 Å². The SMILES string of the molecule is c1ccc2c(c1)cc(-c1nc(-n3c4ccccc4c4c5ccccc5c5c6ccccc6sc5c43)nc3oc4ccccc4c13)c1ccccc12. The van der Waals surface area contributed by atoms with E-state index < -0.39 is 0 Å². The molecular formula is C46H25N3OS. The molecule has 4 nitrogen and oxygen atoms in total. The molecule has 5 heteroatoms. The summed E-state index contributed by atoms with van der Waals surface area (Å²) in [6, 6.07) is 54.0. The molecule has 0 aliphatic rings. The molecule has 4 aromatic heterocycles. The van der Waals surface area contributed by atoms with Gasteiger partial charge in [0.15, 0.2) is 0 Å². The maximum absolute atomic E-state index is 6.62. The summed E-state index contributed by atoms with van der Waals surface area (Å²) in [6.45, 7) is 0. The van der Waals surface area contributed by atoms with Crippen LogP contribution in [-0.2, 0) is 0 Å². The van der Waals surface area contributed by atoms with Crippen LogP contribution in [0.4, 0.5) is 0 Å². The quantitative estimate of drug-likeness (QED) is 0.172. The molecule has 0 fully saturated rings. The molecule has 51 heavy (non-hydrogen) atoms. The first-order chi connectivity index (χ1) is 25.3. The number of nitrogens with zero attached hydrogens (tertiary/aromatic N) is 3. The molecule has 0 saturated carbocycles. The summed E-state index contributed by atoms with van der Waals surface area (Å²) in [7, 11) is 0. The molecule has 4 heterocycles. The number of aromatic nitrogens is 3. The lowest BCUT2D eigenvalue weighted by Gasteiger charge is -2.14. The Labute approximate surface area is 294 Å². The fourth-order valence-corrected chi connectivity index (χ4v) is 9.75. The van der Waals surface area contributed by atoms with E-state index in [1.54, 1.807) is 0 Å². The van der Waals surface area contributed by atoms with Crippen LogP contribution in [0.5, 0.6) is 0 Å². The highest BCUT2D eigenvalue weighted by atomic mass is 32.1. The van der Waals surface area contributed by atoms with Gasteiger partial charge in [0.2, 0.25) is 11.7 Å². The van der Waals surface area contributed by atoms with Gasteiger partial charge >= 0.3 is 0 Å². The average molecular weight is 668 g/mol. The zero-order valence-electron chi connectivity index (χ0n) is 27.1. The van der Waals surface area contributed by atoms with Crippen LogP contribution in [0.15, 0.2) is 156 Å². The Balaban J connectivity index is 1.31. The molecule has 8 aromatic carbocycles. The Morgan fingerprint density at radius 3 is 1.96 bits per heavy atom. The Morgan fingerprint density at radius 2 is 1.12 bits per heavy atom. The number of rotatable bonds is 2. The van der Waals surface area contributed by atoms with Gasteiger partial charge in [-0.25, -0.2) is 4.98 Å². The lowest BCUT2D eigenvalue weighted by molar-refractivity contribution is 0.651. The van der Waals surface area contributed by atoms with Crippen LogP contribution in [0.25, 0.3) is 114 Å². The van der Waals surface area contributed by atoms with Crippen molar-refractivity contribution in [1.29, 1.82) is 0 Å². The van der Waals surface area contributed by atoms with Crippen LogP contribution in [0, 0.1) is 0 Å². The highest BCUT2D eigenvalue weighted by Crippen LogP contribution is 2.48. The molecule has 0 unspecified atom stereocenters. The average Bonchev–Trinajstić information content (AvgIpc) is 3.87. The van der Waals surface area contributed by atoms with Crippen molar-refractivity contribution in [1.82, 2.24) is 14.5 Å². The van der Waals surface area contributed by atoms with E-state index in [0.29, 0.717) is 11.7 Å². The second-order valence-electron chi connectivity index (χ2n) is 13.3. The molecule has 0 amide bonds. The summed E-state index contributed by atoms with van der Waals surface area (Å²) in [5.74, 6) is 0.592. The highest BCUT2D eigenvalue weighted by molar-refractivity contribution is 7.27. The number of furan rings is 1. The molecule has 12 rings (SSSR count). The number of thiophene rings is 1. The van der Waals surface area contributed by atoms with Gasteiger partial charge in [0, 0.05) is 37.2 Å². The van der Waals surface area contributed by atoms with E-state index in [2.05, 4.69) is 144 Å². The van der Waals surface area contributed by atoms with Crippen LogP contribution >= 0.6 is 11.3 Å². The minimum atomic E-state index is 0.577. The number of hydrogen-bond donors (Lipinski definition) is 0. The molecule has 236 valence electrons. The van der Waals surface area contributed by atoms with Crippen LogP contribution in [0.2, 0.25) is 0 Å². The fraction of sp³-hybridized carbons (Fsp3) is 0. The molecule has 0 bridgehead atoms. The largest absolute Gasteiger partial charge is 0.437 e. The summed E-state index contributed by atoms with van der Waals surface area (Å²) in [6.07, 6.45) is 0. The third-order valence-electron chi connectivity index (χ3n) is 10.6. The van der Waals surface area contributed by atoms with E-state index in [9.17, 15) is 0 Å². The second kappa shape index (κ2) is 10.0. The van der Waals surface area contributed by atoms with Gasteiger partial charge in [0.25, 0.3) is 0 Å². The Hall–Kier alpha value is -6.56. The predicted molar refractivity (Wildman–Crippen MR) is 214 cm³/mol. The topological polar surface area (TPSA) is 43.9 Å². The minimum absolute atomic E-state index is 0.577. The first-order valence-electron chi connectivity index (χ1n) is 17.2. The van der Waals surface area contributed by atoms with E-state index in [1.165, 1.54) is 57.9 Å². The summed E-state index contributed by atoms with van der Waals surface area (Å²) in [5, 5.41) is 14.1. The van der Waals surface area contributed by atoms with Gasteiger partial charge in [0.05, 0.1) is 26.8 Å². The van der Waals surface area contributed by atoms with Crippen molar-refractivity contribution in [2.24, 2.45) is 0 Å². The maximum atomic E-state index is 6.62. The molecule has 0 N–H and O–H groups in total. The van der Waals surface area contributed by atoms with Crippen LogP contribution in [0.1, 0.15) is 0 Å². The van der Waals surface area contributed by atoms with Crippen LogP contribution in [-0.4, -0.2) is 14.5 Å². The molecule has 12 aromatic rings. The van der Waals surface area contributed by atoms with Crippen LogP contribution < -0.4 is 0 Å². The van der Waals surface area contributed by atoms with Crippen molar-refractivity contribution in [3.05, 3.63) is 152 Å². The van der Waals surface area contributed by atoms with Crippen LogP contribution in [0.3, 0.4) is 0 Å². The predicted octanol–water partition coefficient (Wildman–Crippen LogP) is 13.0. The molecule has 0 atom stereocenters. The van der Waals surface area contributed by atoms with E-state index in [1.807, 2.05) is 23.5 Å². The molecule has 0 spiro atoms. The minimum Gasteiger partial charge on any atom is -0.437 e. The van der Waals surface area contributed by atoms with E-state index in [-0.39, 0.29) is 0 Å². The van der Waals surface area contributed by atoms with Crippen molar-refractivity contribution in [3.8, 4) is 17.2 Å². The zero-order chi connectivity index (χ0) is 33.2. The second-order valence-corrected chi connectivity index (χ2v) is 14.3. The van der Waals surface area contributed by atoms with E-state index >= 15 is 0 Å². The Morgan fingerprint density at radius 1 is 0.490 bits per heavy atom. The summed E-state index contributed by atoms with van der Waals surface area (Å²) in [5.41, 5.74) is 5.48. The maximum Gasteiger partial charge on any atom is 0.238 e. The first-order valence-corrected chi connectivity index (χ1v) is 18.0. The standard InChI is InChI=1S/C46H25N3OS/c1-2-14-27-26(13-1)25-35(29-16-4-3-15-28(27)29)42-41-33-20-8-11-23-37(33)50-45(41)48-46(47-42)49-36-22-10-7-19-32(36)39-30-17-5-6-18-31(30)40-34-21-9-12-24-38(34)51-44(40)43(39)49/h1-25H. The van der Waals surface area contributed by atoms with Gasteiger partial charge in [-0.3, -0.25) is 4.57 Å². The highest BCUT2D eigenvalue weighted by Gasteiger charge is 2.25.